The number of ether oxygens (including phenoxy) is 2. The smallest absolute Gasteiger partial charge is 0.341 e. The van der Waals surface area contributed by atoms with Crippen molar-refractivity contribution in [3.8, 4) is 11.5 Å². The maximum absolute atomic E-state index is 12.8. The Morgan fingerprint density at radius 3 is 2.68 bits per heavy atom. The lowest BCUT2D eigenvalue weighted by Gasteiger charge is -2.34. The van der Waals surface area contributed by atoms with Gasteiger partial charge in [-0.1, -0.05) is 6.92 Å². The van der Waals surface area contributed by atoms with Crippen molar-refractivity contribution in [3.63, 3.8) is 0 Å². The van der Waals surface area contributed by atoms with Crippen LogP contribution in [0.2, 0.25) is 0 Å². The molecule has 1 heterocycles. The molecule has 2 rings (SSSR count). The summed E-state index contributed by atoms with van der Waals surface area (Å²) in [4.78, 5) is 36.9. The van der Waals surface area contributed by atoms with Gasteiger partial charge >= 0.3 is 5.97 Å². The number of nitrogens with zero attached hydrogens (tertiary/aromatic N) is 1. The van der Waals surface area contributed by atoms with Crippen LogP contribution in [0.4, 0.5) is 0 Å². The van der Waals surface area contributed by atoms with Crippen molar-refractivity contribution < 1.29 is 29.0 Å². The number of benzene rings is 1. The number of hydrogen-bond acceptors (Lipinski definition) is 5. The quantitative estimate of drug-likeness (QED) is 0.757. The third-order valence-electron chi connectivity index (χ3n) is 3.82. The third-order valence-corrected chi connectivity index (χ3v) is 3.82. The summed E-state index contributed by atoms with van der Waals surface area (Å²) in [6.45, 7) is 4.31. The van der Waals surface area contributed by atoms with E-state index in [1.807, 2.05) is 6.92 Å². The van der Waals surface area contributed by atoms with Crippen molar-refractivity contribution >= 4 is 17.8 Å². The zero-order chi connectivity index (χ0) is 18.4. The van der Waals surface area contributed by atoms with Gasteiger partial charge in [-0.2, -0.15) is 0 Å². The van der Waals surface area contributed by atoms with E-state index in [0.717, 1.165) is 0 Å². The highest BCUT2D eigenvalue weighted by molar-refractivity contribution is 5.98. The molecule has 0 spiro atoms. The van der Waals surface area contributed by atoms with Gasteiger partial charge in [-0.15, -0.1) is 0 Å². The molecule has 0 aromatic heterocycles. The number of carbonyl (C=O) groups excluding carboxylic acids is 2. The minimum absolute atomic E-state index is 0.159. The van der Waals surface area contributed by atoms with E-state index in [2.05, 4.69) is 5.32 Å². The summed E-state index contributed by atoms with van der Waals surface area (Å²) < 4.78 is 10.6. The van der Waals surface area contributed by atoms with Crippen molar-refractivity contribution in [3.05, 3.63) is 23.8 Å². The molecule has 8 nitrogen and oxygen atoms in total. The van der Waals surface area contributed by atoms with Crippen molar-refractivity contribution in [2.45, 2.75) is 26.3 Å². The van der Waals surface area contributed by atoms with Crippen molar-refractivity contribution in [1.82, 2.24) is 10.2 Å². The van der Waals surface area contributed by atoms with Gasteiger partial charge in [0, 0.05) is 18.7 Å². The van der Waals surface area contributed by atoms with Crippen LogP contribution in [-0.2, 0) is 9.59 Å². The van der Waals surface area contributed by atoms with Crippen LogP contribution >= 0.6 is 0 Å². The topological polar surface area (TPSA) is 105 Å². The standard InChI is InChI=1S/C17H22N2O6/c1-3-12-16(22)18-7-8-19(12)17(23)11-5-6-13(25-10-15(20)21)14(9-11)24-4-2/h5-6,9,12H,3-4,7-8,10H2,1-2H3,(H,18,22)(H,20,21). The number of hydrogen-bond donors (Lipinski definition) is 2. The van der Waals surface area contributed by atoms with Gasteiger partial charge in [0.1, 0.15) is 6.04 Å². The fraction of sp³-hybridized carbons (Fsp3) is 0.471. The van der Waals surface area contributed by atoms with Crippen molar-refractivity contribution in [2.75, 3.05) is 26.3 Å². The van der Waals surface area contributed by atoms with Gasteiger partial charge in [-0.3, -0.25) is 9.59 Å². The van der Waals surface area contributed by atoms with Gasteiger partial charge in [0.15, 0.2) is 18.1 Å². The number of piperazine rings is 1. The molecule has 0 bridgehead atoms. The van der Waals surface area contributed by atoms with Gasteiger partial charge in [-0.25, -0.2) is 4.79 Å². The Morgan fingerprint density at radius 1 is 1.28 bits per heavy atom. The second-order valence-corrected chi connectivity index (χ2v) is 5.49. The monoisotopic (exact) mass is 350 g/mol. The molecule has 0 saturated carbocycles. The summed E-state index contributed by atoms with van der Waals surface area (Å²) in [5, 5.41) is 11.5. The average molecular weight is 350 g/mol. The SMILES string of the molecule is CCOc1cc(C(=O)N2CCNC(=O)C2CC)ccc1OCC(=O)O. The molecule has 2 amide bonds. The molecular weight excluding hydrogens is 328 g/mol. The van der Waals surface area contributed by atoms with E-state index in [-0.39, 0.29) is 17.6 Å². The van der Waals surface area contributed by atoms with Gasteiger partial charge in [0.05, 0.1) is 6.61 Å². The Hall–Kier alpha value is -2.77. The van der Waals surface area contributed by atoms with Crippen LogP contribution in [0.25, 0.3) is 0 Å². The first-order valence-electron chi connectivity index (χ1n) is 8.18. The second-order valence-electron chi connectivity index (χ2n) is 5.49. The summed E-state index contributed by atoms with van der Waals surface area (Å²) in [6, 6.07) is 4.06. The first kappa shape index (κ1) is 18.6. The molecule has 1 atom stereocenters. The van der Waals surface area contributed by atoms with Gasteiger partial charge in [-0.05, 0) is 31.5 Å². The molecule has 1 aromatic rings. The number of carboxylic acid groups (broad SMARTS) is 1. The number of carbonyl (C=O) groups is 3. The van der Waals surface area contributed by atoms with E-state index >= 15 is 0 Å². The van der Waals surface area contributed by atoms with E-state index in [9.17, 15) is 14.4 Å². The molecule has 1 saturated heterocycles. The molecule has 1 aliphatic heterocycles. The molecular formula is C17H22N2O6. The minimum Gasteiger partial charge on any atom is -0.490 e. The minimum atomic E-state index is -1.10. The molecule has 2 N–H and O–H groups in total. The van der Waals surface area contributed by atoms with Crippen molar-refractivity contribution in [2.24, 2.45) is 0 Å². The van der Waals surface area contributed by atoms with Crippen LogP contribution in [0.3, 0.4) is 0 Å². The molecule has 25 heavy (non-hydrogen) atoms. The average Bonchev–Trinajstić information content (AvgIpc) is 2.60. The fourth-order valence-corrected chi connectivity index (χ4v) is 2.70. The first-order valence-corrected chi connectivity index (χ1v) is 8.18. The second kappa shape index (κ2) is 8.36. The number of carboxylic acids is 1. The molecule has 0 aliphatic carbocycles. The summed E-state index contributed by atoms with van der Waals surface area (Å²) >= 11 is 0. The van der Waals surface area contributed by atoms with Crippen LogP contribution in [0.15, 0.2) is 18.2 Å². The van der Waals surface area contributed by atoms with Gasteiger partial charge in [0.25, 0.3) is 5.91 Å². The van der Waals surface area contributed by atoms with E-state index in [0.29, 0.717) is 37.4 Å². The zero-order valence-corrected chi connectivity index (χ0v) is 14.3. The van der Waals surface area contributed by atoms with Gasteiger partial charge < -0.3 is 24.8 Å². The Bertz CT molecular complexity index is 661. The lowest BCUT2D eigenvalue weighted by Crippen LogP contribution is -2.56. The molecule has 8 heteroatoms. The van der Waals surface area contributed by atoms with E-state index in [1.165, 1.54) is 12.1 Å². The predicted molar refractivity (Wildman–Crippen MR) is 88.9 cm³/mol. The maximum Gasteiger partial charge on any atom is 0.341 e. The summed E-state index contributed by atoms with van der Waals surface area (Å²) in [6.07, 6.45) is 0.524. The van der Waals surface area contributed by atoms with E-state index in [1.54, 1.807) is 17.9 Å². The summed E-state index contributed by atoms with van der Waals surface area (Å²) in [5.74, 6) is -0.984. The van der Waals surface area contributed by atoms with Crippen molar-refractivity contribution in [1.29, 1.82) is 0 Å². The van der Waals surface area contributed by atoms with E-state index < -0.39 is 18.6 Å². The highest BCUT2D eigenvalue weighted by atomic mass is 16.5. The third kappa shape index (κ3) is 4.40. The largest absolute Gasteiger partial charge is 0.490 e. The number of rotatable bonds is 7. The Balaban J connectivity index is 2.25. The normalized spacial score (nSPS) is 17.0. The lowest BCUT2D eigenvalue weighted by molar-refractivity contribution is -0.139. The molecule has 1 aliphatic rings. The van der Waals surface area contributed by atoms with Crippen LogP contribution in [0.5, 0.6) is 11.5 Å². The van der Waals surface area contributed by atoms with Crippen LogP contribution < -0.4 is 14.8 Å². The molecule has 1 unspecified atom stereocenters. The highest BCUT2D eigenvalue weighted by Crippen LogP contribution is 2.29. The molecule has 136 valence electrons. The zero-order valence-electron chi connectivity index (χ0n) is 14.3. The Labute approximate surface area is 145 Å². The van der Waals surface area contributed by atoms with Gasteiger partial charge in [0.2, 0.25) is 5.91 Å². The fourth-order valence-electron chi connectivity index (χ4n) is 2.70. The predicted octanol–water partition coefficient (Wildman–Crippen LogP) is 0.899. The van der Waals surface area contributed by atoms with Crippen LogP contribution in [0.1, 0.15) is 30.6 Å². The summed E-state index contributed by atoms with van der Waals surface area (Å²) in [5.41, 5.74) is 0.360. The number of nitrogens with one attached hydrogen (secondary N) is 1. The van der Waals surface area contributed by atoms with Crippen LogP contribution in [-0.4, -0.2) is 60.1 Å². The summed E-state index contributed by atoms with van der Waals surface area (Å²) in [7, 11) is 0. The van der Waals surface area contributed by atoms with Crippen LogP contribution in [0, 0.1) is 0 Å². The Morgan fingerprint density at radius 2 is 2.04 bits per heavy atom. The molecule has 1 fully saturated rings. The Kier molecular flexibility index (Phi) is 6.21. The highest BCUT2D eigenvalue weighted by Gasteiger charge is 2.32. The first-order chi connectivity index (χ1) is 12.0. The maximum atomic E-state index is 12.8. The number of aliphatic carboxylic acids is 1. The molecule has 0 radical (unpaired) electrons. The molecule has 1 aromatic carbocycles. The van der Waals surface area contributed by atoms with E-state index in [4.69, 9.17) is 14.6 Å². The number of amides is 2. The lowest BCUT2D eigenvalue weighted by atomic mass is 10.1.